The monoisotopic (exact) mass is 300 g/mol. The molecule has 0 saturated heterocycles. The predicted octanol–water partition coefficient (Wildman–Crippen LogP) is 0.614. The Hall–Kier alpha value is -1.64. The van der Waals surface area contributed by atoms with E-state index in [1.807, 2.05) is 13.8 Å². The molecule has 0 aliphatic heterocycles. The zero-order chi connectivity index (χ0) is 15.3. The van der Waals surface area contributed by atoms with Crippen LogP contribution in [0.1, 0.15) is 20.3 Å². The van der Waals surface area contributed by atoms with Crippen molar-refractivity contribution < 1.29 is 13.2 Å². The first-order valence-corrected chi connectivity index (χ1v) is 7.74. The number of carbonyl (C=O) groups excluding carboxylic acids is 1. The normalized spacial score (nSPS) is 14.4. The summed E-state index contributed by atoms with van der Waals surface area (Å²) in [5.41, 5.74) is 6.53. The van der Waals surface area contributed by atoms with Gasteiger partial charge in [-0.3, -0.25) is 9.52 Å². The molecule has 0 fully saturated rings. The molecule has 0 aromatic heterocycles. The number of benzene rings is 1. The average Bonchev–Trinajstić information content (AvgIpc) is 2.35. The van der Waals surface area contributed by atoms with Gasteiger partial charge in [0.15, 0.2) is 0 Å². The Morgan fingerprint density at radius 3 is 2.50 bits per heavy atom. The first-order chi connectivity index (χ1) is 9.23. The molecule has 2 atom stereocenters. The van der Waals surface area contributed by atoms with Gasteiger partial charge in [-0.25, -0.2) is 5.14 Å². The van der Waals surface area contributed by atoms with Gasteiger partial charge < -0.3 is 11.1 Å². The zero-order valence-electron chi connectivity index (χ0n) is 11.5. The van der Waals surface area contributed by atoms with E-state index in [1.165, 1.54) is 12.1 Å². The molecule has 0 saturated carbocycles. The standard InChI is InChI=1S/C12H20N4O3S/c1-3-8(2)11(13)12(17)15-9-5-4-6-10(7-9)16-20(14,18)19/h4-8,11,16H,3,13H2,1-2H3,(H,15,17)(H2,14,18,19)/t8?,11-/m0/s1. The van der Waals surface area contributed by atoms with Gasteiger partial charge in [-0.15, -0.1) is 0 Å². The van der Waals surface area contributed by atoms with Gasteiger partial charge in [0.2, 0.25) is 5.91 Å². The van der Waals surface area contributed by atoms with E-state index >= 15 is 0 Å². The highest BCUT2D eigenvalue weighted by Gasteiger charge is 2.19. The number of nitrogens with one attached hydrogen (secondary N) is 2. The van der Waals surface area contributed by atoms with Crippen LogP contribution < -0.4 is 20.9 Å². The second-order valence-electron chi connectivity index (χ2n) is 4.63. The molecule has 1 unspecified atom stereocenters. The molecule has 8 heteroatoms. The lowest BCUT2D eigenvalue weighted by atomic mass is 9.99. The largest absolute Gasteiger partial charge is 0.325 e. The molecule has 0 spiro atoms. The van der Waals surface area contributed by atoms with E-state index in [2.05, 4.69) is 10.0 Å². The predicted molar refractivity (Wildman–Crippen MR) is 79.2 cm³/mol. The summed E-state index contributed by atoms with van der Waals surface area (Å²) in [6.07, 6.45) is 0.793. The van der Waals surface area contributed by atoms with Crippen LogP contribution in [0.4, 0.5) is 11.4 Å². The maximum Gasteiger partial charge on any atom is 0.296 e. The molecular weight excluding hydrogens is 280 g/mol. The van der Waals surface area contributed by atoms with Crippen LogP contribution in [0.15, 0.2) is 24.3 Å². The number of hydrogen-bond donors (Lipinski definition) is 4. The highest BCUT2D eigenvalue weighted by molar-refractivity contribution is 7.90. The van der Waals surface area contributed by atoms with Crippen molar-refractivity contribution in [1.29, 1.82) is 0 Å². The quantitative estimate of drug-likeness (QED) is 0.613. The van der Waals surface area contributed by atoms with Gasteiger partial charge in [0, 0.05) is 5.69 Å². The minimum atomic E-state index is -3.84. The summed E-state index contributed by atoms with van der Waals surface area (Å²) >= 11 is 0. The van der Waals surface area contributed by atoms with E-state index in [1.54, 1.807) is 12.1 Å². The lowest BCUT2D eigenvalue weighted by molar-refractivity contribution is -0.118. The molecule has 1 aromatic rings. The lowest BCUT2D eigenvalue weighted by Gasteiger charge is -2.18. The van der Waals surface area contributed by atoms with Gasteiger partial charge >= 0.3 is 0 Å². The summed E-state index contributed by atoms with van der Waals surface area (Å²) in [6, 6.07) is 5.60. The molecule has 20 heavy (non-hydrogen) atoms. The van der Waals surface area contributed by atoms with Gasteiger partial charge in [0.1, 0.15) is 0 Å². The van der Waals surface area contributed by atoms with Gasteiger partial charge in [-0.2, -0.15) is 8.42 Å². The number of anilines is 2. The minimum Gasteiger partial charge on any atom is -0.325 e. The molecule has 0 aliphatic rings. The molecule has 6 N–H and O–H groups in total. The Morgan fingerprint density at radius 2 is 1.95 bits per heavy atom. The van der Waals surface area contributed by atoms with Crippen LogP contribution in [0.2, 0.25) is 0 Å². The van der Waals surface area contributed by atoms with Crippen molar-refractivity contribution in [2.24, 2.45) is 16.8 Å². The van der Waals surface area contributed by atoms with Gasteiger partial charge in [0.25, 0.3) is 10.2 Å². The van der Waals surface area contributed by atoms with Crippen molar-refractivity contribution in [3.05, 3.63) is 24.3 Å². The fraction of sp³-hybridized carbons (Fsp3) is 0.417. The summed E-state index contributed by atoms with van der Waals surface area (Å²) in [6.45, 7) is 3.84. The number of rotatable bonds is 6. The molecule has 0 heterocycles. The van der Waals surface area contributed by atoms with Crippen LogP contribution in [0, 0.1) is 5.92 Å². The van der Waals surface area contributed by atoms with Gasteiger partial charge in [-0.05, 0) is 24.1 Å². The van der Waals surface area contributed by atoms with E-state index in [9.17, 15) is 13.2 Å². The fourth-order valence-corrected chi connectivity index (χ4v) is 2.02. The van der Waals surface area contributed by atoms with Crippen LogP contribution in [-0.2, 0) is 15.0 Å². The van der Waals surface area contributed by atoms with E-state index in [0.717, 1.165) is 6.42 Å². The summed E-state index contributed by atoms with van der Waals surface area (Å²) in [4.78, 5) is 11.9. The van der Waals surface area contributed by atoms with Gasteiger partial charge in [-0.1, -0.05) is 26.3 Å². The molecule has 1 amide bonds. The van der Waals surface area contributed by atoms with Crippen LogP contribution >= 0.6 is 0 Å². The van der Waals surface area contributed by atoms with E-state index in [-0.39, 0.29) is 17.5 Å². The van der Waals surface area contributed by atoms with E-state index in [4.69, 9.17) is 10.9 Å². The average molecular weight is 300 g/mol. The molecule has 1 rings (SSSR count). The molecular formula is C12H20N4O3S. The molecule has 112 valence electrons. The number of hydrogen-bond acceptors (Lipinski definition) is 4. The molecule has 0 radical (unpaired) electrons. The third-order valence-electron chi connectivity index (χ3n) is 2.95. The first kappa shape index (κ1) is 16.4. The van der Waals surface area contributed by atoms with E-state index < -0.39 is 16.3 Å². The van der Waals surface area contributed by atoms with Crippen LogP contribution in [-0.4, -0.2) is 20.4 Å². The summed E-state index contributed by atoms with van der Waals surface area (Å²) < 4.78 is 24.0. The van der Waals surface area contributed by atoms with Crippen molar-refractivity contribution in [1.82, 2.24) is 0 Å². The second-order valence-corrected chi connectivity index (χ2v) is 5.92. The van der Waals surface area contributed by atoms with Crippen molar-refractivity contribution >= 4 is 27.5 Å². The number of carbonyl (C=O) groups is 1. The molecule has 0 aliphatic carbocycles. The first-order valence-electron chi connectivity index (χ1n) is 6.20. The molecule has 0 bridgehead atoms. The highest BCUT2D eigenvalue weighted by atomic mass is 32.2. The third kappa shape index (κ3) is 5.16. The van der Waals surface area contributed by atoms with Gasteiger partial charge in [0.05, 0.1) is 11.7 Å². The summed E-state index contributed by atoms with van der Waals surface area (Å²) in [5.74, 6) is -0.257. The maximum atomic E-state index is 11.9. The topological polar surface area (TPSA) is 127 Å². The third-order valence-corrected chi connectivity index (χ3v) is 3.47. The Morgan fingerprint density at radius 1 is 1.35 bits per heavy atom. The maximum absolute atomic E-state index is 11.9. The summed E-state index contributed by atoms with van der Waals surface area (Å²) in [7, 11) is -3.84. The Bertz CT molecular complexity index is 574. The SMILES string of the molecule is CCC(C)[C@H](N)C(=O)Nc1cccc(NS(N)(=O)=O)c1. The van der Waals surface area contributed by atoms with Crippen molar-refractivity contribution in [3.8, 4) is 0 Å². The Balaban J connectivity index is 2.78. The van der Waals surface area contributed by atoms with Crippen molar-refractivity contribution in [2.75, 3.05) is 10.0 Å². The van der Waals surface area contributed by atoms with Crippen LogP contribution in [0.5, 0.6) is 0 Å². The van der Waals surface area contributed by atoms with Crippen molar-refractivity contribution in [3.63, 3.8) is 0 Å². The zero-order valence-corrected chi connectivity index (χ0v) is 12.3. The van der Waals surface area contributed by atoms with E-state index in [0.29, 0.717) is 5.69 Å². The smallest absolute Gasteiger partial charge is 0.296 e. The molecule has 1 aromatic carbocycles. The highest BCUT2D eigenvalue weighted by Crippen LogP contribution is 2.16. The van der Waals surface area contributed by atoms with Crippen molar-refractivity contribution in [2.45, 2.75) is 26.3 Å². The second kappa shape index (κ2) is 6.69. The minimum absolute atomic E-state index is 0.0562. The Kier molecular flexibility index (Phi) is 5.49. The number of nitrogens with two attached hydrogens (primary N) is 2. The summed E-state index contributed by atoms with van der Waals surface area (Å²) in [5, 5.41) is 7.52. The van der Waals surface area contributed by atoms with Crippen LogP contribution in [0.3, 0.4) is 0 Å². The Labute approximate surface area is 118 Å². The van der Waals surface area contributed by atoms with Crippen LogP contribution in [0.25, 0.3) is 0 Å². The fourth-order valence-electron chi connectivity index (χ4n) is 1.56. The lowest BCUT2D eigenvalue weighted by Crippen LogP contribution is -2.40. The molecule has 7 nitrogen and oxygen atoms in total. The number of amides is 1.